The normalized spacial score (nSPS) is 17.0. The number of thioether (sulfide) groups is 1. The Morgan fingerprint density at radius 2 is 1.79 bits per heavy atom. The van der Waals surface area contributed by atoms with Crippen molar-refractivity contribution >= 4 is 23.4 Å². The lowest BCUT2D eigenvalue weighted by molar-refractivity contribution is -0.120. The lowest BCUT2D eigenvalue weighted by Crippen LogP contribution is -2.40. The number of para-hydroxylation sites is 1. The van der Waals surface area contributed by atoms with Crippen molar-refractivity contribution in [3.05, 3.63) is 60.7 Å². The zero-order valence-electron chi connectivity index (χ0n) is 13.9. The average molecular weight is 340 g/mol. The number of carbonyl (C=O) groups is 1. The van der Waals surface area contributed by atoms with Crippen molar-refractivity contribution in [1.29, 1.82) is 0 Å². The number of nitrogens with zero attached hydrogens (tertiary/aromatic N) is 1. The van der Waals surface area contributed by atoms with E-state index in [1.165, 1.54) is 17.0 Å². The molecule has 0 bridgehead atoms. The predicted octanol–water partition coefficient (Wildman–Crippen LogP) is 3.95. The lowest BCUT2D eigenvalue weighted by Gasteiger charge is -2.27. The van der Waals surface area contributed by atoms with Crippen LogP contribution in [0.2, 0.25) is 0 Å². The van der Waals surface area contributed by atoms with Gasteiger partial charge in [0, 0.05) is 41.9 Å². The van der Waals surface area contributed by atoms with Crippen LogP contribution < -0.4 is 10.2 Å². The zero-order valence-corrected chi connectivity index (χ0v) is 14.7. The van der Waals surface area contributed by atoms with E-state index in [0.717, 1.165) is 25.3 Å². The summed E-state index contributed by atoms with van der Waals surface area (Å²) in [5.41, 5.74) is 1.26. The van der Waals surface area contributed by atoms with Crippen LogP contribution in [0.15, 0.2) is 65.6 Å². The number of hydrogen-bond donors (Lipinski definition) is 1. The molecule has 4 heteroatoms. The largest absolute Gasteiger partial charge is 0.367 e. The predicted molar refractivity (Wildman–Crippen MR) is 102 cm³/mol. The zero-order chi connectivity index (χ0) is 16.6. The highest BCUT2D eigenvalue weighted by atomic mass is 32.2. The molecule has 1 saturated heterocycles. The Kier molecular flexibility index (Phi) is 6.19. The van der Waals surface area contributed by atoms with Crippen LogP contribution in [0, 0.1) is 0 Å². The van der Waals surface area contributed by atoms with Gasteiger partial charge in [-0.15, -0.1) is 11.8 Å². The molecule has 126 valence electrons. The van der Waals surface area contributed by atoms with Crippen molar-refractivity contribution in [1.82, 2.24) is 5.32 Å². The van der Waals surface area contributed by atoms with Crippen LogP contribution in [0.4, 0.5) is 5.69 Å². The van der Waals surface area contributed by atoms with Crippen LogP contribution in [0.5, 0.6) is 0 Å². The SMILES string of the molecule is O=C(CCSc1ccccc1)NC[C@H]1CCCN1c1ccccc1. The summed E-state index contributed by atoms with van der Waals surface area (Å²) in [6.07, 6.45) is 2.91. The van der Waals surface area contributed by atoms with Crippen molar-refractivity contribution in [2.24, 2.45) is 0 Å². The highest BCUT2D eigenvalue weighted by Crippen LogP contribution is 2.24. The molecule has 24 heavy (non-hydrogen) atoms. The second kappa shape index (κ2) is 8.78. The lowest BCUT2D eigenvalue weighted by atomic mass is 10.2. The quantitative estimate of drug-likeness (QED) is 0.775. The monoisotopic (exact) mass is 340 g/mol. The molecule has 3 nitrogen and oxygen atoms in total. The summed E-state index contributed by atoms with van der Waals surface area (Å²) in [6, 6.07) is 21.1. The summed E-state index contributed by atoms with van der Waals surface area (Å²) in [7, 11) is 0. The number of nitrogens with one attached hydrogen (secondary N) is 1. The molecule has 1 heterocycles. The van der Waals surface area contributed by atoms with E-state index in [1.54, 1.807) is 11.8 Å². The van der Waals surface area contributed by atoms with E-state index in [-0.39, 0.29) is 5.91 Å². The van der Waals surface area contributed by atoms with Crippen molar-refractivity contribution in [3.8, 4) is 0 Å². The number of hydrogen-bond acceptors (Lipinski definition) is 3. The van der Waals surface area contributed by atoms with Gasteiger partial charge in [0.1, 0.15) is 0 Å². The van der Waals surface area contributed by atoms with Gasteiger partial charge in [-0.25, -0.2) is 0 Å². The van der Waals surface area contributed by atoms with Crippen LogP contribution in [0.3, 0.4) is 0 Å². The summed E-state index contributed by atoms with van der Waals surface area (Å²) < 4.78 is 0. The molecular formula is C20H24N2OS. The molecule has 2 aromatic carbocycles. The van der Waals surface area contributed by atoms with E-state index in [2.05, 4.69) is 46.6 Å². The molecule has 1 fully saturated rings. The molecule has 3 rings (SSSR count). The Hall–Kier alpha value is -1.94. The fourth-order valence-electron chi connectivity index (χ4n) is 3.11. The topological polar surface area (TPSA) is 32.3 Å². The van der Waals surface area contributed by atoms with Gasteiger partial charge in [-0.3, -0.25) is 4.79 Å². The summed E-state index contributed by atoms with van der Waals surface area (Å²) in [5, 5.41) is 3.12. The third-order valence-corrected chi connectivity index (χ3v) is 5.35. The molecule has 1 aliphatic heterocycles. The number of amides is 1. The van der Waals surface area contributed by atoms with Gasteiger partial charge in [-0.1, -0.05) is 36.4 Å². The summed E-state index contributed by atoms with van der Waals surface area (Å²) in [4.78, 5) is 15.7. The molecule has 0 aromatic heterocycles. The highest BCUT2D eigenvalue weighted by Gasteiger charge is 2.24. The van der Waals surface area contributed by atoms with Crippen LogP contribution in [-0.2, 0) is 4.79 Å². The maximum absolute atomic E-state index is 12.1. The Morgan fingerprint density at radius 1 is 1.08 bits per heavy atom. The van der Waals surface area contributed by atoms with E-state index in [1.807, 2.05) is 24.3 Å². The highest BCUT2D eigenvalue weighted by molar-refractivity contribution is 7.99. The molecular weight excluding hydrogens is 316 g/mol. The Morgan fingerprint density at radius 3 is 2.54 bits per heavy atom. The molecule has 1 N–H and O–H groups in total. The number of rotatable bonds is 7. The summed E-state index contributed by atoms with van der Waals surface area (Å²) >= 11 is 1.73. The smallest absolute Gasteiger partial charge is 0.220 e. The second-order valence-electron chi connectivity index (χ2n) is 6.04. The Labute approximate surface area is 148 Å². The minimum absolute atomic E-state index is 0.151. The molecule has 0 spiro atoms. The average Bonchev–Trinajstić information content (AvgIpc) is 3.10. The van der Waals surface area contributed by atoms with Gasteiger partial charge in [-0.2, -0.15) is 0 Å². The maximum Gasteiger partial charge on any atom is 0.220 e. The fraction of sp³-hybridized carbons (Fsp3) is 0.350. The first-order chi connectivity index (χ1) is 11.8. The van der Waals surface area contributed by atoms with Crippen molar-refractivity contribution < 1.29 is 4.79 Å². The minimum Gasteiger partial charge on any atom is -0.367 e. The van der Waals surface area contributed by atoms with Gasteiger partial charge in [-0.05, 0) is 37.1 Å². The summed E-state index contributed by atoms with van der Waals surface area (Å²) in [5.74, 6) is 0.974. The molecule has 0 unspecified atom stereocenters. The molecule has 0 aliphatic carbocycles. The number of anilines is 1. The van der Waals surface area contributed by atoms with Gasteiger partial charge < -0.3 is 10.2 Å². The van der Waals surface area contributed by atoms with Gasteiger partial charge in [0.25, 0.3) is 0 Å². The Balaban J connectivity index is 1.41. The molecule has 1 amide bonds. The van der Waals surface area contributed by atoms with Crippen LogP contribution in [-0.4, -0.2) is 30.8 Å². The molecule has 0 saturated carbocycles. The first-order valence-corrected chi connectivity index (χ1v) is 9.58. The number of carbonyl (C=O) groups excluding carboxylic acids is 1. The maximum atomic E-state index is 12.1. The van der Waals surface area contributed by atoms with E-state index in [4.69, 9.17) is 0 Å². The first kappa shape index (κ1) is 16.9. The van der Waals surface area contributed by atoms with Gasteiger partial charge >= 0.3 is 0 Å². The van der Waals surface area contributed by atoms with Gasteiger partial charge in [0.05, 0.1) is 0 Å². The van der Waals surface area contributed by atoms with Crippen LogP contribution >= 0.6 is 11.8 Å². The van der Waals surface area contributed by atoms with Crippen molar-refractivity contribution in [2.45, 2.75) is 30.2 Å². The summed E-state index contributed by atoms with van der Waals surface area (Å²) in [6.45, 7) is 1.82. The van der Waals surface area contributed by atoms with Crippen molar-refractivity contribution in [3.63, 3.8) is 0 Å². The third-order valence-electron chi connectivity index (χ3n) is 4.34. The van der Waals surface area contributed by atoms with Crippen LogP contribution in [0.1, 0.15) is 19.3 Å². The second-order valence-corrected chi connectivity index (χ2v) is 7.21. The molecule has 1 atom stereocenters. The standard InChI is InChI=1S/C20H24N2OS/c23-20(13-15-24-19-11-5-2-6-12-19)21-16-18-10-7-14-22(18)17-8-3-1-4-9-17/h1-6,8-9,11-12,18H,7,10,13-16H2,(H,21,23)/t18-/m1/s1. The molecule has 1 aliphatic rings. The van der Waals surface area contributed by atoms with Gasteiger partial charge in [0.2, 0.25) is 5.91 Å². The van der Waals surface area contributed by atoms with Crippen molar-refractivity contribution in [2.75, 3.05) is 23.7 Å². The molecule has 2 aromatic rings. The fourth-order valence-corrected chi connectivity index (χ4v) is 3.98. The Bertz CT molecular complexity index is 633. The van der Waals surface area contributed by atoms with E-state index in [0.29, 0.717) is 12.5 Å². The third kappa shape index (κ3) is 4.78. The minimum atomic E-state index is 0.151. The number of benzene rings is 2. The van der Waals surface area contributed by atoms with E-state index in [9.17, 15) is 4.79 Å². The van der Waals surface area contributed by atoms with Gasteiger partial charge in [0.15, 0.2) is 0 Å². The van der Waals surface area contributed by atoms with E-state index < -0.39 is 0 Å². The first-order valence-electron chi connectivity index (χ1n) is 8.59. The molecule has 0 radical (unpaired) electrons. The van der Waals surface area contributed by atoms with Crippen LogP contribution in [0.25, 0.3) is 0 Å². The van der Waals surface area contributed by atoms with E-state index >= 15 is 0 Å².